The van der Waals surface area contributed by atoms with Crippen molar-refractivity contribution in [1.82, 2.24) is 4.90 Å². The summed E-state index contributed by atoms with van der Waals surface area (Å²) < 4.78 is 5.26. The van der Waals surface area contributed by atoms with E-state index in [1.807, 2.05) is 43.1 Å². The maximum absolute atomic E-state index is 12.1. The van der Waals surface area contributed by atoms with E-state index in [1.165, 1.54) is 0 Å². The van der Waals surface area contributed by atoms with E-state index >= 15 is 0 Å². The van der Waals surface area contributed by atoms with Gasteiger partial charge in [0.25, 0.3) is 0 Å². The molecule has 0 aromatic heterocycles. The third kappa shape index (κ3) is 4.81. The van der Waals surface area contributed by atoms with E-state index in [0.29, 0.717) is 32.6 Å². The number of benzene rings is 1. The van der Waals surface area contributed by atoms with Crippen LogP contribution in [-0.2, 0) is 9.53 Å². The number of ether oxygens (including phenoxy) is 1. The second-order valence-corrected chi connectivity index (χ2v) is 5.87. The number of likely N-dealkylation sites (N-methyl/N-ethyl adjacent to an activating group) is 1. The molecule has 0 radical (unpaired) electrons. The molecule has 2 rings (SSSR count). The van der Waals surface area contributed by atoms with E-state index < -0.39 is 5.60 Å². The number of hydrogen-bond donors (Lipinski definition) is 2. The van der Waals surface area contributed by atoms with Crippen LogP contribution in [0.25, 0.3) is 0 Å². The molecule has 0 saturated carbocycles. The molecule has 1 heterocycles. The number of rotatable bonds is 5. The fraction of sp³-hybridized carbons (Fsp3) is 0.562. The van der Waals surface area contributed by atoms with Gasteiger partial charge in [-0.3, -0.25) is 9.69 Å². The average molecular weight is 292 g/mol. The number of anilines is 1. The fourth-order valence-electron chi connectivity index (χ4n) is 2.62. The SMILES string of the molecule is Cc1ccccc1NC(=O)CN(C)CC1(O)CCOCC1. The number of nitrogens with one attached hydrogen (secondary N) is 1. The summed E-state index contributed by atoms with van der Waals surface area (Å²) in [5.41, 5.74) is 1.13. The highest BCUT2D eigenvalue weighted by Crippen LogP contribution is 2.21. The molecule has 1 amide bonds. The van der Waals surface area contributed by atoms with Crippen molar-refractivity contribution in [1.29, 1.82) is 0 Å². The minimum Gasteiger partial charge on any atom is -0.388 e. The van der Waals surface area contributed by atoms with Crippen molar-refractivity contribution in [3.05, 3.63) is 29.8 Å². The molecule has 1 aliphatic rings. The molecule has 1 saturated heterocycles. The van der Waals surface area contributed by atoms with Crippen LogP contribution < -0.4 is 5.32 Å². The molecular weight excluding hydrogens is 268 g/mol. The zero-order chi connectivity index (χ0) is 15.3. The lowest BCUT2D eigenvalue weighted by molar-refractivity contribution is -0.118. The van der Waals surface area contributed by atoms with Gasteiger partial charge in [-0.2, -0.15) is 0 Å². The Kier molecular flexibility index (Phi) is 5.33. The number of carbonyl (C=O) groups is 1. The molecule has 5 heteroatoms. The van der Waals surface area contributed by atoms with Crippen LogP contribution in [0, 0.1) is 6.92 Å². The van der Waals surface area contributed by atoms with E-state index in [4.69, 9.17) is 4.74 Å². The number of para-hydroxylation sites is 1. The Labute approximate surface area is 125 Å². The van der Waals surface area contributed by atoms with Crippen LogP contribution >= 0.6 is 0 Å². The third-order valence-corrected chi connectivity index (χ3v) is 3.82. The summed E-state index contributed by atoms with van der Waals surface area (Å²) >= 11 is 0. The Balaban J connectivity index is 1.83. The number of carbonyl (C=O) groups excluding carboxylic acids is 1. The Morgan fingerprint density at radius 1 is 1.38 bits per heavy atom. The van der Waals surface area contributed by atoms with Crippen molar-refractivity contribution < 1.29 is 14.6 Å². The van der Waals surface area contributed by atoms with Crippen LogP contribution in [0.1, 0.15) is 18.4 Å². The van der Waals surface area contributed by atoms with Crippen molar-refractivity contribution in [2.45, 2.75) is 25.4 Å². The maximum atomic E-state index is 12.1. The highest BCUT2D eigenvalue weighted by molar-refractivity contribution is 5.92. The average Bonchev–Trinajstić information content (AvgIpc) is 2.41. The molecule has 0 bridgehead atoms. The van der Waals surface area contributed by atoms with Gasteiger partial charge in [-0.1, -0.05) is 18.2 Å². The van der Waals surface area contributed by atoms with E-state index in [2.05, 4.69) is 5.32 Å². The molecule has 5 nitrogen and oxygen atoms in total. The van der Waals surface area contributed by atoms with Crippen LogP contribution in [0.3, 0.4) is 0 Å². The molecule has 2 N–H and O–H groups in total. The number of aryl methyl sites for hydroxylation is 1. The fourth-order valence-corrected chi connectivity index (χ4v) is 2.62. The van der Waals surface area contributed by atoms with Crippen LogP contribution in [-0.4, -0.2) is 54.9 Å². The van der Waals surface area contributed by atoms with Crippen molar-refractivity contribution in [3.8, 4) is 0 Å². The first-order valence-corrected chi connectivity index (χ1v) is 7.33. The van der Waals surface area contributed by atoms with Gasteiger partial charge in [0, 0.05) is 38.3 Å². The first kappa shape index (κ1) is 15.9. The van der Waals surface area contributed by atoms with Gasteiger partial charge in [0.05, 0.1) is 12.1 Å². The minimum atomic E-state index is -0.740. The van der Waals surface area contributed by atoms with Crippen molar-refractivity contribution in [2.75, 3.05) is 38.7 Å². The first-order chi connectivity index (χ1) is 9.98. The van der Waals surface area contributed by atoms with E-state index in [-0.39, 0.29) is 12.5 Å². The number of nitrogens with zero attached hydrogens (tertiary/aromatic N) is 1. The van der Waals surface area contributed by atoms with Crippen molar-refractivity contribution in [3.63, 3.8) is 0 Å². The molecule has 116 valence electrons. The summed E-state index contributed by atoms with van der Waals surface area (Å²) in [5, 5.41) is 13.3. The lowest BCUT2D eigenvalue weighted by Gasteiger charge is -2.35. The van der Waals surface area contributed by atoms with Gasteiger partial charge in [-0.05, 0) is 25.6 Å². The Hall–Kier alpha value is -1.43. The predicted octanol–water partition coefficient (Wildman–Crippen LogP) is 1.41. The standard InChI is InChI=1S/C16H24N2O3/c1-13-5-3-4-6-14(13)17-15(19)11-18(2)12-16(20)7-9-21-10-8-16/h3-6,20H,7-12H2,1-2H3,(H,17,19). The Morgan fingerprint density at radius 2 is 2.05 bits per heavy atom. The molecule has 0 aliphatic carbocycles. The van der Waals surface area contributed by atoms with Gasteiger partial charge in [-0.25, -0.2) is 0 Å². The van der Waals surface area contributed by atoms with E-state index in [9.17, 15) is 9.90 Å². The number of aliphatic hydroxyl groups is 1. The normalized spacial score (nSPS) is 17.7. The predicted molar refractivity (Wildman–Crippen MR) is 82.3 cm³/mol. The molecular formula is C16H24N2O3. The largest absolute Gasteiger partial charge is 0.388 e. The van der Waals surface area contributed by atoms with Gasteiger partial charge >= 0.3 is 0 Å². The van der Waals surface area contributed by atoms with Crippen molar-refractivity contribution in [2.24, 2.45) is 0 Å². The Bertz CT molecular complexity index is 484. The minimum absolute atomic E-state index is 0.0672. The number of amides is 1. The molecule has 1 fully saturated rings. The Morgan fingerprint density at radius 3 is 2.71 bits per heavy atom. The molecule has 21 heavy (non-hydrogen) atoms. The van der Waals surface area contributed by atoms with Crippen LogP contribution in [0.15, 0.2) is 24.3 Å². The molecule has 0 atom stereocenters. The van der Waals surface area contributed by atoms with Gasteiger partial charge < -0.3 is 15.2 Å². The second-order valence-electron chi connectivity index (χ2n) is 5.87. The monoisotopic (exact) mass is 292 g/mol. The lowest BCUT2D eigenvalue weighted by atomic mass is 9.94. The van der Waals surface area contributed by atoms with Gasteiger partial charge in [0.1, 0.15) is 0 Å². The molecule has 0 unspecified atom stereocenters. The summed E-state index contributed by atoms with van der Waals surface area (Å²) in [6.07, 6.45) is 1.24. The third-order valence-electron chi connectivity index (χ3n) is 3.82. The zero-order valence-corrected chi connectivity index (χ0v) is 12.8. The van der Waals surface area contributed by atoms with Crippen LogP contribution in [0.4, 0.5) is 5.69 Å². The zero-order valence-electron chi connectivity index (χ0n) is 12.8. The topological polar surface area (TPSA) is 61.8 Å². The molecule has 1 aliphatic heterocycles. The summed E-state index contributed by atoms with van der Waals surface area (Å²) in [6.45, 7) is 3.87. The van der Waals surface area contributed by atoms with Crippen molar-refractivity contribution >= 4 is 11.6 Å². The molecule has 1 aromatic carbocycles. The quantitative estimate of drug-likeness (QED) is 0.861. The number of hydrogen-bond acceptors (Lipinski definition) is 4. The van der Waals surface area contributed by atoms with Gasteiger partial charge in [0.15, 0.2) is 0 Å². The maximum Gasteiger partial charge on any atom is 0.238 e. The highest BCUT2D eigenvalue weighted by atomic mass is 16.5. The summed E-state index contributed by atoms with van der Waals surface area (Å²) in [4.78, 5) is 13.9. The van der Waals surface area contributed by atoms with Gasteiger partial charge in [0.2, 0.25) is 5.91 Å². The van der Waals surface area contributed by atoms with E-state index in [1.54, 1.807) is 0 Å². The summed E-state index contributed by atoms with van der Waals surface area (Å²) in [5.74, 6) is -0.0672. The van der Waals surface area contributed by atoms with Crippen LogP contribution in [0.5, 0.6) is 0 Å². The summed E-state index contributed by atoms with van der Waals surface area (Å²) in [6, 6.07) is 7.69. The smallest absolute Gasteiger partial charge is 0.238 e. The first-order valence-electron chi connectivity index (χ1n) is 7.33. The molecule has 0 spiro atoms. The van der Waals surface area contributed by atoms with Gasteiger partial charge in [-0.15, -0.1) is 0 Å². The second kappa shape index (κ2) is 7.02. The van der Waals surface area contributed by atoms with E-state index in [0.717, 1.165) is 11.3 Å². The lowest BCUT2D eigenvalue weighted by Crippen LogP contribution is -2.47. The summed E-state index contributed by atoms with van der Waals surface area (Å²) in [7, 11) is 1.85. The molecule has 1 aromatic rings. The highest BCUT2D eigenvalue weighted by Gasteiger charge is 2.31. The van der Waals surface area contributed by atoms with Crippen LogP contribution in [0.2, 0.25) is 0 Å².